The van der Waals surface area contributed by atoms with Gasteiger partial charge < -0.3 is 0 Å². The molecule has 3 N–H and O–H groups in total. The lowest BCUT2D eigenvalue weighted by molar-refractivity contribution is 0.341. The monoisotopic (exact) mass is 334 g/mol. The van der Waals surface area contributed by atoms with Gasteiger partial charge in [-0.3, -0.25) is 0 Å². The lowest BCUT2D eigenvalue weighted by Crippen LogP contribution is -2.47. The van der Waals surface area contributed by atoms with Crippen molar-refractivity contribution in [1.82, 2.24) is 4.72 Å². The van der Waals surface area contributed by atoms with E-state index in [1.807, 2.05) is 20.8 Å². The average molecular weight is 334 g/mol. The molecule has 0 spiro atoms. The van der Waals surface area contributed by atoms with Crippen LogP contribution in [0.4, 0.5) is 0 Å². The third-order valence-corrected chi connectivity index (χ3v) is 6.56. The van der Waals surface area contributed by atoms with Crippen molar-refractivity contribution in [1.29, 1.82) is 0 Å². The van der Waals surface area contributed by atoms with Crippen LogP contribution in [0.1, 0.15) is 40.0 Å². The van der Waals surface area contributed by atoms with Gasteiger partial charge in [-0.2, -0.15) is 0 Å². The molecule has 0 aliphatic heterocycles. The van der Waals surface area contributed by atoms with Crippen LogP contribution in [0.15, 0.2) is 34.1 Å². The summed E-state index contributed by atoms with van der Waals surface area (Å²) < 4.78 is 50.9. The van der Waals surface area contributed by atoms with Crippen LogP contribution in [-0.2, 0) is 20.0 Å². The molecular formula is C13H22N2O4S2. The lowest BCUT2D eigenvalue weighted by Gasteiger charge is -2.31. The van der Waals surface area contributed by atoms with Gasteiger partial charge in [0, 0.05) is 5.54 Å². The number of sulfonamides is 2. The van der Waals surface area contributed by atoms with Crippen LogP contribution in [0.3, 0.4) is 0 Å². The molecule has 0 fully saturated rings. The van der Waals surface area contributed by atoms with Gasteiger partial charge in [0.25, 0.3) is 0 Å². The van der Waals surface area contributed by atoms with E-state index < -0.39 is 30.5 Å². The van der Waals surface area contributed by atoms with Gasteiger partial charge in [-0.25, -0.2) is 26.7 Å². The zero-order chi connectivity index (χ0) is 16.3. The average Bonchev–Trinajstić information content (AvgIpc) is 2.44. The molecule has 0 saturated heterocycles. The van der Waals surface area contributed by atoms with E-state index >= 15 is 0 Å². The van der Waals surface area contributed by atoms with Gasteiger partial charge >= 0.3 is 0 Å². The minimum absolute atomic E-state index is 0.313. The fraction of sp³-hybridized carbons (Fsp3) is 0.538. The van der Waals surface area contributed by atoms with Gasteiger partial charge in [0.15, 0.2) is 0 Å². The minimum Gasteiger partial charge on any atom is -0.225 e. The van der Waals surface area contributed by atoms with Crippen LogP contribution in [0.25, 0.3) is 0 Å². The quantitative estimate of drug-likeness (QED) is 0.789. The summed E-state index contributed by atoms with van der Waals surface area (Å²) in [6, 6.07) is 5.34. The van der Waals surface area contributed by atoms with E-state index in [0.29, 0.717) is 19.3 Å². The van der Waals surface area contributed by atoms with Gasteiger partial charge in [-0.05, 0) is 31.4 Å². The maximum Gasteiger partial charge on any atom is 0.242 e. The number of benzene rings is 1. The molecule has 0 amide bonds. The number of nitrogens with two attached hydrogens (primary N) is 1. The van der Waals surface area contributed by atoms with Crippen LogP contribution in [0.5, 0.6) is 0 Å². The number of hydrogen-bond acceptors (Lipinski definition) is 4. The van der Waals surface area contributed by atoms with Crippen molar-refractivity contribution in [2.24, 2.45) is 5.14 Å². The van der Waals surface area contributed by atoms with Gasteiger partial charge in [0.2, 0.25) is 20.0 Å². The van der Waals surface area contributed by atoms with Crippen molar-refractivity contribution in [2.45, 2.75) is 55.4 Å². The second-order valence-electron chi connectivity index (χ2n) is 4.94. The molecule has 0 aliphatic carbocycles. The second-order valence-corrected chi connectivity index (χ2v) is 8.12. The van der Waals surface area contributed by atoms with Crippen molar-refractivity contribution in [3.8, 4) is 0 Å². The number of rotatable bonds is 7. The van der Waals surface area contributed by atoms with E-state index in [9.17, 15) is 16.8 Å². The molecule has 120 valence electrons. The summed E-state index contributed by atoms with van der Waals surface area (Å²) in [5.41, 5.74) is -0.593. The van der Waals surface area contributed by atoms with E-state index in [1.54, 1.807) is 0 Å². The van der Waals surface area contributed by atoms with Crippen LogP contribution >= 0.6 is 0 Å². The summed E-state index contributed by atoms with van der Waals surface area (Å²) in [7, 11) is -8.09. The first kappa shape index (κ1) is 18.1. The highest BCUT2D eigenvalue weighted by atomic mass is 32.2. The van der Waals surface area contributed by atoms with E-state index in [0.717, 1.165) is 0 Å². The third kappa shape index (κ3) is 4.03. The normalized spacial score (nSPS) is 13.3. The molecular weight excluding hydrogens is 312 g/mol. The van der Waals surface area contributed by atoms with Crippen molar-refractivity contribution >= 4 is 20.0 Å². The van der Waals surface area contributed by atoms with Crippen LogP contribution in [0.2, 0.25) is 0 Å². The van der Waals surface area contributed by atoms with E-state index in [2.05, 4.69) is 4.72 Å². The molecule has 1 aromatic rings. The smallest absolute Gasteiger partial charge is 0.225 e. The van der Waals surface area contributed by atoms with Crippen LogP contribution < -0.4 is 9.86 Å². The molecule has 0 radical (unpaired) electrons. The van der Waals surface area contributed by atoms with Gasteiger partial charge in [0.05, 0.1) is 0 Å². The second kappa shape index (κ2) is 6.43. The minimum atomic E-state index is -4.11. The maximum atomic E-state index is 12.6. The summed E-state index contributed by atoms with van der Waals surface area (Å²) >= 11 is 0. The lowest BCUT2D eigenvalue weighted by atomic mass is 9.91. The molecule has 0 heterocycles. The Balaban J connectivity index is 3.40. The summed E-state index contributed by atoms with van der Waals surface area (Å²) in [6.45, 7) is 5.67. The molecule has 8 heteroatoms. The Morgan fingerprint density at radius 3 is 1.76 bits per heavy atom. The highest BCUT2D eigenvalue weighted by Crippen LogP contribution is 2.25. The molecule has 1 aromatic carbocycles. The Morgan fingerprint density at radius 2 is 1.38 bits per heavy atom. The van der Waals surface area contributed by atoms with Crippen LogP contribution in [0, 0.1) is 0 Å². The van der Waals surface area contributed by atoms with Gasteiger partial charge in [-0.15, -0.1) is 0 Å². The largest absolute Gasteiger partial charge is 0.242 e. The molecule has 6 nitrogen and oxygen atoms in total. The molecule has 0 atom stereocenters. The predicted molar refractivity (Wildman–Crippen MR) is 81.7 cm³/mol. The topological polar surface area (TPSA) is 106 Å². The highest BCUT2D eigenvalue weighted by Gasteiger charge is 2.32. The van der Waals surface area contributed by atoms with Crippen molar-refractivity contribution in [2.75, 3.05) is 0 Å². The molecule has 0 aliphatic rings. The first-order valence-corrected chi connectivity index (χ1v) is 9.80. The molecule has 1 rings (SSSR count). The Hall–Kier alpha value is -0.960. The predicted octanol–water partition coefficient (Wildman–Crippen LogP) is 1.58. The van der Waals surface area contributed by atoms with Crippen molar-refractivity contribution in [3.63, 3.8) is 0 Å². The van der Waals surface area contributed by atoms with Crippen molar-refractivity contribution in [3.05, 3.63) is 24.3 Å². The SMILES string of the molecule is CCC(CC)(CC)NS(=O)(=O)c1ccccc1S(N)(=O)=O. The maximum absolute atomic E-state index is 12.6. The van der Waals surface area contributed by atoms with E-state index in [1.165, 1.54) is 24.3 Å². The summed E-state index contributed by atoms with van der Waals surface area (Å²) in [6.07, 6.45) is 1.82. The number of nitrogens with one attached hydrogen (secondary N) is 1. The standard InChI is InChI=1S/C13H22N2O4S2/c1-4-13(5-2,6-3)15-21(18,19)12-10-8-7-9-11(12)20(14,16)17/h7-10,15H,4-6H2,1-3H3,(H2,14,16,17). The Morgan fingerprint density at radius 1 is 0.952 bits per heavy atom. The molecule has 0 aromatic heterocycles. The number of hydrogen-bond donors (Lipinski definition) is 2. The fourth-order valence-electron chi connectivity index (χ4n) is 2.21. The van der Waals surface area contributed by atoms with Crippen molar-refractivity contribution < 1.29 is 16.8 Å². The summed E-state index contributed by atoms with van der Waals surface area (Å²) in [5, 5.41) is 5.10. The van der Waals surface area contributed by atoms with E-state index in [4.69, 9.17) is 5.14 Å². The van der Waals surface area contributed by atoms with Gasteiger partial charge in [-0.1, -0.05) is 32.9 Å². The zero-order valence-electron chi connectivity index (χ0n) is 12.5. The molecule has 0 unspecified atom stereocenters. The Kier molecular flexibility index (Phi) is 5.54. The Labute approximate surface area is 126 Å². The molecule has 0 bridgehead atoms. The Bertz CT molecular complexity index is 684. The highest BCUT2D eigenvalue weighted by molar-refractivity contribution is 7.92. The summed E-state index contributed by atoms with van der Waals surface area (Å²) in [4.78, 5) is -0.707. The molecule has 0 saturated carbocycles. The molecule has 21 heavy (non-hydrogen) atoms. The van der Waals surface area contributed by atoms with E-state index in [-0.39, 0.29) is 4.90 Å². The first-order valence-electron chi connectivity index (χ1n) is 6.77. The van der Waals surface area contributed by atoms with Crippen LogP contribution in [-0.4, -0.2) is 22.4 Å². The zero-order valence-corrected chi connectivity index (χ0v) is 14.1. The van der Waals surface area contributed by atoms with Gasteiger partial charge in [0.1, 0.15) is 9.79 Å². The number of primary sulfonamides is 1. The summed E-state index contributed by atoms with van der Waals surface area (Å²) in [5.74, 6) is 0. The first-order chi connectivity index (χ1) is 9.62. The fourth-order valence-corrected chi connectivity index (χ4v) is 5.21. The third-order valence-electron chi connectivity index (χ3n) is 3.83.